The SMILES string of the molecule is C[C@@H]1CCC2[C@@H](C)[C@@H](CCCN(C(=O)C(F)(F)F)C(CC[C@H]3O[C@@H]4O[C@@]5(C)CCC6[C@H](C)CCC([C@H]3C)[C@]64OO5)C(=O)NCC(=O)CO)O[C@@H]3O[C@@]4(C)CCC1[C@@]23OO4. The molecule has 8 heterocycles. The largest absolute Gasteiger partial charge is 0.471 e. The van der Waals surface area contributed by atoms with Gasteiger partial charge in [-0.1, -0.05) is 27.7 Å². The number of aliphatic hydroxyl groups excluding tert-OH is 1. The van der Waals surface area contributed by atoms with E-state index in [-0.39, 0.29) is 61.2 Å². The first-order valence-corrected chi connectivity index (χ1v) is 22.0. The van der Waals surface area contributed by atoms with Gasteiger partial charge in [0.15, 0.2) is 29.6 Å². The maximum absolute atomic E-state index is 14.5. The number of amides is 2. The highest BCUT2D eigenvalue weighted by Crippen LogP contribution is 2.62. The summed E-state index contributed by atoms with van der Waals surface area (Å²) in [6, 6.07) is -1.61. The highest BCUT2D eigenvalue weighted by Gasteiger charge is 2.71. The first kappa shape index (κ1) is 43.7. The van der Waals surface area contributed by atoms with E-state index in [0.717, 1.165) is 38.5 Å². The fourth-order valence-electron chi connectivity index (χ4n) is 12.8. The average Bonchev–Trinajstić information content (AvgIpc) is 3.57. The van der Waals surface area contributed by atoms with Gasteiger partial charge in [0.1, 0.15) is 12.6 Å². The minimum absolute atomic E-state index is 0.0112. The molecule has 0 radical (unpaired) electrons. The molecule has 5 unspecified atom stereocenters. The molecule has 334 valence electrons. The molecule has 2 aliphatic carbocycles. The first-order chi connectivity index (χ1) is 27.9. The Kier molecular flexibility index (Phi) is 11.8. The molecule has 2 spiro atoms. The van der Waals surface area contributed by atoms with Crippen molar-refractivity contribution in [2.45, 2.75) is 178 Å². The van der Waals surface area contributed by atoms with Crippen LogP contribution < -0.4 is 5.32 Å². The predicted octanol–water partition coefficient (Wildman–Crippen LogP) is 5.48. The van der Waals surface area contributed by atoms with E-state index in [1.165, 1.54) is 0 Å². The molecule has 2 saturated carbocycles. The van der Waals surface area contributed by atoms with E-state index in [1.807, 2.05) is 20.8 Å². The lowest BCUT2D eigenvalue weighted by Gasteiger charge is -2.60. The molecular formula is C42H63F3N2O12. The molecule has 0 aromatic carbocycles. The Hall–Kier alpha value is -1.96. The summed E-state index contributed by atoms with van der Waals surface area (Å²) in [5.41, 5.74) is -1.65. The van der Waals surface area contributed by atoms with Gasteiger partial charge in [0.2, 0.25) is 17.5 Å². The third kappa shape index (κ3) is 7.47. The second-order valence-electron chi connectivity index (χ2n) is 19.5. The Bertz CT molecular complexity index is 1610. The smallest absolute Gasteiger partial charge is 0.389 e. The quantitative estimate of drug-likeness (QED) is 0.239. The van der Waals surface area contributed by atoms with Gasteiger partial charge in [-0.2, -0.15) is 13.2 Å². The number of aliphatic hydroxyl groups is 1. The minimum atomic E-state index is -5.29. The number of hydrogen-bond acceptors (Lipinski definition) is 12. The normalized spacial score (nSPS) is 46.6. The van der Waals surface area contributed by atoms with Crippen LogP contribution in [-0.4, -0.2) is 107 Å². The number of Topliss-reactive ketones (excluding diaryl/α,β-unsaturated/α-hetero) is 1. The summed E-state index contributed by atoms with van der Waals surface area (Å²) in [5.74, 6) is -5.15. The molecule has 0 aromatic heterocycles. The zero-order valence-corrected chi connectivity index (χ0v) is 35.1. The number of rotatable bonds is 12. The van der Waals surface area contributed by atoms with Gasteiger partial charge in [-0.25, -0.2) is 19.6 Å². The number of ether oxygens (including phenoxy) is 4. The molecule has 0 aromatic rings. The van der Waals surface area contributed by atoms with Gasteiger partial charge in [-0.05, 0) is 114 Å². The lowest BCUT2D eigenvalue weighted by atomic mass is 9.57. The number of nitrogens with zero attached hydrogens (tertiary/aromatic N) is 1. The summed E-state index contributed by atoms with van der Waals surface area (Å²) in [4.78, 5) is 64.2. The summed E-state index contributed by atoms with van der Waals surface area (Å²) in [5, 5.41) is 11.7. The van der Waals surface area contributed by atoms with Crippen molar-refractivity contribution in [3.05, 3.63) is 0 Å². The van der Waals surface area contributed by atoms with Crippen molar-refractivity contribution in [3.63, 3.8) is 0 Å². The Morgan fingerprint density at radius 3 is 1.75 bits per heavy atom. The van der Waals surface area contributed by atoms with Crippen molar-refractivity contribution in [2.24, 2.45) is 47.3 Å². The van der Waals surface area contributed by atoms with Crippen LogP contribution in [-0.2, 0) is 52.9 Å². The second-order valence-corrected chi connectivity index (χ2v) is 19.5. The molecule has 10 rings (SSSR count). The third-order valence-corrected chi connectivity index (χ3v) is 16.0. The van der Waals surface area contributed by atoms with Gasteiger partial charge in [0.05, 0.1) is 18.8 Å². The zero-order valence-electron chi connectivity index (χ0n) is 35.1. The van der Waals surface area contributed by atoms with E-state index in [1.54, 1.807) is 0 Å². The van der Waals surface area contributed by atoms with E-state index >= 15 is 0 Å². The number of hydrogen-bond donors (Lipinski definition) is 2. The van der Waals surface area contributed by atoms with Gasteiger partial charge in [-0.15, -0.1) is 0 Å². The summed E-state index contributed by atoms with van der Waals surface area (Å²) >= 11 is 0. The van der Waals surface area contributed by atoms with Crippen LogP contribution in [0.2, 0.25) is 0 Å². The van der Waals surface area contributed by atoms with E-state index in [4.69, 9.17) is 38.5 Å². The van der Waals surface area contributed by atoms with Crippen LogP contribution in [0.5, 0.6) is 0 Å². The van der Waals surface area contributed by atoms with E-state index in [2.05, 4.69) is 26.1 Å². The van der Waals surface area contributed by atoms with E-state index < -0.39 is 97.1 Å². The van der Waals surface area contributed by atoms with Crippen molar-refractivity contribution in [3.8, 4) is 0 Å². The number of carbonyl (C=O) groups is 3. The third-order valence-electron chi connectivity index (χ3n) is 16.0. The fourth-order valence-corrected chi connectivity index (χ4v) is 12.8. The Balaban J connectivity index is 1.01. The lowest BCUT2D eigenvalue weighted by Crippen LogP contribution is -2.70. The standard InChI is InChI=1S/C42H63F3N2O12/c1-22-9-11-29-24(3)32(52-36-40(29)27(22)15-17-38(5,54-36)56-58-40)8-7-19-47(35(51)42(43,44)45)31(34(50)46-20-26(49)21-48)13-14-33-25(4)30-12-10-23(2)28-16-18-39(6)55-37(53-33)41(28,30)59-57-39/h22-25,27-33,36-37,48H,7-21H2,1-6H3,(H,46,50)/t22-,23-,24-,25-,27?,28?,29?,30?,31?,32-,33-,36-,37-,38-,39-,40-,41-/m1/s1. The monoisotopic (exact) mass is 844 g/mol. The highest BCUT2D eigenvalue weighted by molar-refractivity contribution is 5.92. The molecule has 14 nitrogen and oxygen atoms in total. The summed E-state index contributed by atoms with van der Waals surface area (Å²) in [6.07, 6.45) is -0.970. The van der Waals surface area contributed by atoms with Crippen LogP contribution in [0.25, 0.3) is 0 Å². The molecule has 17 atom stereocenters. The zero-order chi connectivity index (χ0) is 42.3. The van der Waals surface area contributed by atoms with Crippen LogP contribution in [0, 0.1) is 47.3 Å². The van der Waals surface area contributed by atoms with E-state index in [9.17, 15) is 32.7 Å². The summed E-state index contributed by atoms with van der Waals surface area (Å²) in [7, 11) is 0. The number of ketones is 1. The van der Waals surface area contributed by atoms with Gasteiger partial charge < -0.3 is 34.3 Å². The van der Waals surface area contributed by atoms with Crippen molar-refractivity contribution < 1.29 is 71.2 Å². The molecule has 8 aliphatic heterocycles. The molecule has 2 N–H and O–H groups in total. The molecule has 10 fully saturated rings. The van der Waals surface area contributed by atoms with Gasteiger partial charge in [0, 0.05) is 31.2 Å². The van der Waals surface area contributed by atoms with Crippen LogP contribution in [0.3, 0.4) is 0 Å². The Morgan fingerprint density at radius 1 is 0.746 bits per heavy atom. The highest BCUT2D eigenvalue weighted by atomic mass is 19.4. The topological polar surface area (TPSA) is 161 Å². The fraction of sp³-hybridized carbons (Fsp3) is 0.929. The van der Waals surface area contributed by atoms with Gasteiger partial charge >= 0.3 is 12.1 Å². The molecule has 17 heteroatoms. The number of halogens is 3. The second kappa shape index (κ2) is 16.0. The van der Waals surface area contributed by atoms with Crippen molar-refractivity contribution in [1.82, 2.24) is 10.2 Å². The maximum Gasteiger partial charge on any atom is 0.471 e. The molecule has 10 aliphatic rings. The lowest BCUT2D eigenvalue weighted by molar-refractivity contribution is -0.571. The molecule has 8 saturated heterocycles. The van der Waals surface area contributed by atoms with E-state index in [0.29, 0.717) is 29.6 Å². The summed E-state index contributed by atoms with van der Waals surface area (Å²) < 4.78 is 69.7. The Morgan fingerprint density at radius 2 is 1.25 bits per heavy atom. The molecule has 4 bridgehead atoms. The van der Waals surface area contributed by atoms with Crippen molar-refractivity contribution >= 4 is 17.6 Å². The Labute approximate surface area is 344 Å². The van der Waals surface area contributed by atoms with Crippen LogP contribution >= 0.6 is 0 Å². The van der Waals surface area contributed by atoms with Crippen LogP contribution in [0.15, 0.2) is 0 Å². The molecule has 59 heavy (non-hydrogen) atoms. The first-order valence-electron chi connectivity index (χ1n) is 22.0. The number of carbonyl (C=O) groups excluding carboxylic acids is 3. The van der Waals surface area contributed by atoms with Crippen LogP contribution in [0.1, 0.15) is 119 Å². The number of alkyl halides is 3. The van der Waals surface area contributed by atoms with Gasteiger partial charge in [0.25, 0.3) is 0 Å². The average molecular weight is 845 g/mol. The summed E-state index contributed by atoms with van der Waals surface area (Å²) in [6.45, 7) is 10.3. The van der Waals surface area contributed by atoms with Crippen LogP contribution in [0.4, 0.5) is 13.2 Å². The van der Waals surface area contributed by atoms with Gasteiger partial charge in [-0.3, -0.25) is 14.4 Å². The van der Waals surface area contributed by atoms with Crippen molar-refractivity contribution in [1.29, 1.82) is 0 Å². The predicted molar refractivity (Wildman–Crippen MR) is 199 cm³/mol. The number of nitrogens with one attached hydrogen (secondary N) is 1. The van der Waals surface area contributed by atoms with Crippen molar-refractivity contribution in [2.75, 3.05) is 19.7 Å². The maximum atomic E-state index is 14.5. The molecular weight excluding hydrogens is 781 g/mol. The minimum Gasteiger partial charge on any atom is -0.389 e. The molecule has 2 amide bonds. The number of fused-ring (bicyclic) bond motifs is 4.